The smallest absolute Gasteiger partial charge is 0.335 e. The van der Waals surface area contributed by atoms with E-state index < -0.39 is 43.8 Å². The molecule has 4 rings (SSSR count). The average Bonchev–Trinajstić information content (AvgIpc) is 2.77. The van der Waals surface area contributed by atoms with Gasteiger partial charge in [0.25, 0.3) is 10.1 Å². The number of hydrogen-bond acceptors (Lipinski definition) is 8. The summed E-state index contributed by atoms with van der Waals surface area (Å²) in [5.41, 5.74) is -1.20. The van der Waals surface area contributed by atoms with Gasteiger partial charge in [0.1, 0.15) is 10.6 Å². The van der Waals surface area contributed by atoms with Gasteiger partial charge in [-0.25, -0.2) is 4.79 Å². The minimum absolute atomic E-state index is 0.00906. The number of nitrogens with zero attached hydrogens (tertiary/aromatic N) is 2. The average molecular weight is 466 g/mol. The van der Waals surface area contributed by atoms with Gasteiger partial charge < -0.3 is 16.3 Å². The Morgan fingerprint density at radius 1 is 0.939 bits per heavy atom. The lowest BCUT2D eigenvalue weighted by molar-refractivity contribution is 0.0696. The van der Waals surface area contributed by atoms with Crippen LogP contribution in [0, 0.1) is 0 Å². The van der Waals surface area contributed by atoms with Gasteiger partial charge in [-0.2, -0.15) is 8.42 Å². The molecule has 0 atom stereocenters. The summed E-state index contributed by atoms with van der Waals surface area (Å²) in [6, 6.07) is 12.3. The Hall–Kier alpha value is -4.42. The highest BCUT2D eigenvalue weighted by Crippen LogP contribution is 2.42. The molecule has 0 saturated carbocycles. The van der Waals surface area contributed by atoms with Crippen LogP contribution in [-0.4, -0.2) is 35.6 Å². The Balaban J connectivity index is 2.06. The molecule has 33 heavy (non-hydrogen) atoms. The van der Waals surface area contributed by atoms with Crippen LogP contribution >= 0.6 is 0 Å². The van der Waals surface area contributed by atoms with Crippen LogP contribution in [0.25, 0.3) is 0 Å². The van der Waals surface area contributed by atoms with Gasteiger partial charge in [-0.15, -0.1) is 5.11 Å². The Morgan fingerprint density at radius 3 is 2.15 bits per heavy atom. The van der Waals surface area contributed by atoms with Crippen molar-refractivity contribution in [1.82, 2.24) is 0 Å². The lowest BCUT2D eigenvalue weighted by Gasteiger charge is -2.23. The summed E-state index contributed by atoms with van der Waals surface area (Å²) in [7, 11) is -4.95. The fourth-order valence-electron chi connectivity index (χ4n) is 3.59. The second kappa shape index (κ2) is 7.93. The summed E-state index contributed by atoms with van der Waals surface area (Å²) in [5.74, 6) is 2.55. The summed E-state index contributed by atoms with van der Waals surface area (Å²) in [4.78, 5) is 37.1. The molecule has 0 amide bonds. The first-order valence-corrected chi connectivity index (χ1v) is 10.7. The highest BCUT2D eigenvalue weighted by molar-refractivity contribution is 7.86. The number of rotatable bonds is 5. The molecular formula is C21H14N4O7S. The van der Waals surface area contributed by atoms with Crippen LogP contribution in [0.1, 0.15) is 42.2 Å². The van der Waals surface area contributed by atoms with Crippen LogP contribution in [0.15, 0.2) is 69.8 Å². The molecule has 0 radical (unpaired) electrons. The van der Waals surface area contributed by atoms with Crippen LogP contribution < -0.4 is 11.2 Å². The number of anilines is 2. The van der Waals surface area contributed by atoms with Gasteiger partial charge in [0.05, 0.1) is 22.4 Å². The van der Waals surface area contributed by atoms with Gasteiger partial charge in [0, 0.05) is 16.8 Å². The molecule has 1 aliphatic rings. The topological polar surface area (TPSA) is 189 Å². The summed E-state index contributed by atoms with van der Waals surface area (Å²) >= 11 is 0. The molecule has 0 fully saturated rings. The molecule has 0 aromatic heterocycles. The van der Waals surface area contributed by atoms with E-state index in [0.29, 0.717) is 0 Å². The lowest BCUT2D eigenvalue weighted by atomic mass is 9.82. The normalized spacial score (nSPS) is 13.0. The maximum absolute atomic E-state index is 13.4. The molecule has 0 aliphatic heterocycles. The van der Waals surface area contributed by atoms with E-state index >= 15 is 0 Å². The lowest BCUT2D eigenvalue weighted by Crippen LogP contribution is -2.23. The molecule has 0 unspecified atom stereocenters. The van der Waals surface area contributed by atoms with E-state index in [-0.39, 0.29) is 33.6 Å². The predicted octanol–water partition coefficient (Wildman–Crippen LogP) is 3.11. The van der Waals surface area contributed by atoms with Crippen molar-refractivity contribution in [3.05, 3.63) is 82.4 Å². The van der Waals surface area contributed by atoms with Crippen LogP contribution in [0.4, 0.5) is 17.1 Å². The maximum atomic E-state index is 13.4. The first-order valence-electron chi connectivity index (χ1n) is 9.21. The van der Waals surface area contributed by atoms with E-state index in [1.807, 2.05) is 0 Å². The molecule has 0 saturated heterocycles. The monoisotopic (exact) mass is 466 g/mol. The molecule has 11 nitrogen and oxygen atoms in total. The summed E-state index contributed by atoms with van der Waals surface area (Å²) in [6.45, 7) is 0. The molecule has 1 aliphatic carbocycles. The van der Waals surface area contributed by atoms with E-state index in [4.69, 9.17) is 5.84 Å². The molecule has 0 spiro atoms. The third-order valence-corrected chi connectivity index (χ3v) is 5.83. The van der Waals surface area contributed by atoms with Crippen molar-refractivity contribution in [1.29, 1.82) is 0 Å². The Bertz CT molecular complexity index is 1500. The predicted molar refractivity (Wildman–Crippen MR) is 115 cm³/mol. The van der Waals surface area contributed by atoms with E-state index in [2.05, 4.69) is 15.7 Å². The van der Waals surface area contributed by atoms with Crippen LogP contribution in [-0.2, 0) is 10.1 Å². The first kappa shape index (κ1) is 21.8. The van der Waals surface area contributed by atoms with Gasteiger partial charge in [-0.3, -0.25) is 14.1 Å². The van der Waals surface area contributed by atoms with Gasteiger partial charge in [-0.1, -0.05) is 35.6 Å². The van der Waals surface area contributed by atoms with Gasteiger partial charge >= 0.3 is 5.97 Å². The summed E-state index contributed by atoms with van der Waals surface area (Å²) < 4.78 is 34.0. The summed E-state index contributed by atoms with van der Waals surface area (Å²) in [5, 5.41) is 18.6. The zero-order valence-corrected chi connectivity index (χ0v) is 17.3. The Labute approximate surface area is 186 Å². The first-order chi connectivity index (χ1) is 15.6. The van der Waals surface area contributed by atoms with E-state index in [0.717, 1.165) is 6.07 Å². The second-order valence-corrected chi connectivity index (χ2v) is 8.32. The molecule has 166 valence electrons. The van der Waals surface area contributed by atoms with Crippen molar-refractivity contribution in [2.45, 2.75) is 4.90 Å². The fraction of sp³-hybridized carbons (Fsp3) is 0. The van der Waals surface area contributed by atoms with Gasteiger partial charge in [-0.05, 0) is 24.3 Å². The van der Waals surface area contributed by atoms with Crippen LogP contribution in [0.5, 0.6) is 0 Å². The molecule has 3 aromatic carbocycles. The van der Waals surface area contributed by atoms with Gasteiger partial charge in [0.2, 0.25) is 0 Å². The molecule has 5 N–H and O–H groups in total. The van der Waals surface area contributed by atoms with Crippen molar-refractivity contribution in [3.63, 3.8) is 0 Å². The molecule has 0 heterocycles. The number of carboxylic acids is 1. The van der Waals surface area contributed by atoms with E-state index in [1.54, 1.807) is 6.07 Å². The number of aromatic carboxylic acids is 1. The number of nitrogens with one attached hydrogen (secondary N) is 1. The van der Waals surface area contributed by atoms with E-state index in [9.17, 15) is 32.5 Å². The molecule has 3 aromatic rings. The van der Waals surface area contributed by atoms with Crippen LogP contribution in [0.3, 0.4) is 0 Å². The Kier molecular flexibility index (Phi) is 5.24. The number of nitrogens with two attached hydrogens (primary N) is 1. The summed E-state index contributed by atoms with van der Waals surface area (Å²) in [6.07, 6.45) is 0. The van der Waals surface area contributed by atoms with Crippen molar-refractivity contribution >= 4 is 44.7 Å². The number of carbonyl (C=O) groups is 3. The zero-order valence-electron chi connectivity index (χ0n) is 16.5. The van der Waals surface area contributed by atoms with E-state index in [1.165, 1.54) is 42.5 Å². The standard InChI is InChI=1S/C21H14N4O7S/c22-25-24-18-15(33(30,31)32)9-14(23-11-5-3-4-10(8-11)21(28)29)16-17(18)20(27)13-7-2-1-6-12(13)19(16)26/h1-9,23H,(H2,22,24)(H,28,29)(H,30,31,32). The number of carboxylic acid groups (broad SMARTS) is 1. The quantitative estimate of drug-likeness (QED) is 0.148. The molecular weight excluding hydrogens is 452 g/mol. The van der Waals surface area contributed by atoms with Crippen molar-refractivity contribution in [2.75, 3.05) is 5.32 Å². The third kappa shape index (κ3) is 3.73. The largest absolute Gasteiger partial charge is 0.478 e. The number of carbonyl (C=O) groups excluding carboxylic acids is 2. The Morgan fingerprint density at radius 2 is 1.58 bits per heavy atom. The fourth-order valence-corrected chi connectivity index (χ4v) is 4.24. The minimum atomic E-state index is -4.95. The SMILES string of the molecule is NN=Nc1c(S(=O)(=O)O)cc(Nc2cccc(C(=O)O)c2)c2c1C(=O)c1ccccc1C2=O. The number of ketones is 2. The van der Waals surface area contributed by atoms with Crippen molar-refractivity contribution in [3.8, 4) is 0 Å². The number of benzene rings is 3. The maximum Gasteiger partial charge on any atom is 0.335 e. The highest BCUT2D eigenvalue weighted by atomic mass is 32.2. The van der Waals surface area contributed by atoms with Crippen molar-refractivity contribution in [2.24, 2.45) is 16.2 Å². The zero-order chi connectivity index (χ0) is 23.9. The number of fused-ring (bicyclic) bond motifs is 2. The van der Waals surface area contributed by atoms with Gasteiger partial charge in [0.15, 0.2) is 11.6 Å². The minimum Gasteiger partial charge on any atom is -0.478 e. The van der Waals surface area contributed by atoms with Crippen molar-refractivity contribution < 1.29 is 32.5 Å². The van der Waals surface area contributed by atoms with Crippen LogP contribution in [0.2, 0.25) is 0 Å². The molecule has 12 heteroatoms. The number of hydrogen-bond donors (Lipinski definition) is 4. The third-order valence-electron chi connectivity index (χ3n) is 4.96. The molecule has 0 bridgehead atoms. The second-order valence-electron chi connectivity index (χ2n) is 6.93. The highest BCUT2D eigenvalue weighted by Gasteiger charge is 2.37.